The van der Waals surface area contributed by atoms with Crippen LogP contribution in [0.25, 0.3) is 0 Å². The van der Waals surface area contributed by atoms with E-state index in [0.29, 0.717) is 5.41 Å². The number of nitrogens with two attached hydrogens (primary N) is 1. The van der Waals surface area contributed by atoms with Gasteiger partial charge in [0.05, 0.1) is 0 Å². The lowest BCUT2D eigenvalue weighted by Gasteiger charge is -2.43. The van der Waals surface area contributed by atoms with Crippen LogP contribution in [0.4, 0.5) is 0 Å². The highest BCUT2D eigenvalue weighted by molar-refractivity contribution is 4.93. The molecule has 0 bridgehead atoms. The zero-order valence-electron chi connectivity index (χ0n) is 13.4. The third-order valence-corrected chi connectivity index (χ3v) is 5.45. The lowest BCUT2D eigenvalue weighted by molar-refractivity contribution is 0.110. The molecule has 0 aromatic heterocycles. The lowest BCUT2D eigenvalue weighted by atomic mass is 9.65. The van der Waals surface area contributed by atoms with Crippen molar-refractivity contribution in [2.45, 2.75) is 91.5 Å². The Morgan fingerprint density at radius 1 is 1.22 bits per heavy atom. The summed E-state index contributed by atoms with van der Waals surface area (Å²) in [6.45, 7) is 11.8. The maximum absolute atomic E-state index is 6.59. The molecule has 0 saturated heterocycles. The quantitative estimate of drug-likeness (QED) is 0.697. The number of hydrogen-bond donors (Lipinski definition) is 1. The molecule has 0 aromatic rings. The predicted molar refractivity (Wildman–Crippen MR) is 81.6 cm³/mol. The molecule has 1 aliphatic carbocycles. The summed E-state index contributed by atoms with van der Waals surface area (Å²) in [5, 5.41) is 0. The van der Waals surface area contributed by atoms with Gasteiger partial charge in [0.25, 0.3) is 0 Å². The smallest absolute Gasteiger partial charge is 0.0154 e. The molecule has 1 fully saturated rings. The molecule has 1 rings (SSSR count). The molecule has 0 radical (unpaired) electrons. The Morgan fingerprint density at radius 3 is 2.22 bits per heavy atom. The molecule has 1 saturated carbocycles. The molecule has 0 spiro atoms. The van der Waals surface area contributed by atoms with E-state index in [2.05, 4.69) is 34.6 Å². The fourth-order valence-electron chi connectivity index (χ4n) is 3.38. The summed E-state index contributed by atoms with van der Waals surface area (Å²) in [6.07, 6.45) is 10.4. The minimum Gasteiger partial charge on any atom is -0.325 e. The summed E-state index contributed by atoms with van der Waals surface area (Å²) in [7, 11) is 0. The second-order valence-corrected chi connectivity index (χ2v) is 7.76. The first-order valence-electron chi connectivity index (χ1n) is 8.08. The van der Waals surface area contributed by atoms with Gasteiger partial charge in [0.2, 0.25) is 0 Å². The highest BCUT2D eigenvalue weighted by atomic mass is 14.7. The SMILES string of the molecule is CCC(C)(C)C1CCC(N)(CCCC(C)C)CC1. The van der Waals surface area contributed by atoms with Gasteiger partial charge in [0.15, 0.2) is 0 Å². The molecule has 0 aliphatic heterocycles. The maximum atomic E-state index is 6.59. The van der Waals surface area contributed by atoms with Gasteiger partial charge >= 0.3 is 0 Å². The van der Waals surface area contributed by atoms with Crippen LogP contribution >= 0.6 is 0 Å². The molecular weight excluding hydrogens is 218 g/mol. The molecule has 0 atom stereocenters. The first-order chi connectivity index (χ1) is 8.29. The average molecular weight is 253 g/mol. The van der Waals surface area contributed by atoms with Gasteiger partial charge in [-0.1, -0.05) is 53.9 Å². The van der Waals surface area contributed by atoms with Crippen molar-refractivity contribution < 1.29 is 0 Å². The maximum Gasteiger partial charge on any atom is 0.0154 e. The number of rotatable bonds is 6. The third kappa shape index (κ3) is 4.57. The topological polar surface area (TPSA) is 26.0 Å². The van der Waals surface area contributed by atoms with Crippen LogP contribution in [-0.2, 0) is 0 Å². The molecule has 1 nitrogen and oxygen atoms in total. The molecule has 0 aromatic carbocycles. The van der Waals surface area contributed by atoms with Gasteiger partial charge in [-0.2, -0.15) is 0 Å². The predicted octanol–water partition coefficient (Wildman–Crippen LogP) is 5.14. The van der Waals surface area contributed by atoms with Crippen molar-refractivity contribution in [3.05, 3.63) is 0 Å². The zero-order chi connectivity index (χ0) is 13.8. The normalized spacial score (nSPS) is 29.8. The Labute approximate surface area is 115 Å². The third-order valence-electron chi connectivity index (χ3n) is 5.45. The van der Waals surface area contributed by atoms with E-state index in [-0.39, 0.29) is 5.54 Å². The summed E-state index contributed by atoms with van der Waals surface area (Å²) in [4.78, 5) is 0. The number of hydrogen-bond acceptors (Lipinski definition) is 1. The molecule has 1 heteroatoms. The molecule has 0 amide bonds. The van der Waals surface area contributed by atoms with Crippen LogP contribution in [0.1, 0.15) is 86.0 Å². The van der Waals surface area contributed by atoms with Gasteiger partial charge < -0.3 is 5.73 Å². The van der Waals surface area contributed by atoms with Crippen LogP contribution in [-0.4, -0.2) is 5.54 Å². The fraction of sp³-hybridized carbons (Fsp3) is 1.00. The van der Waals surface area contributed by atoms with Crippen LogP contribution in [0, 0.1) is 17.3 Å². The highest BCUT2D eigenvalue weighted by Gasteiger charge is 2.36. The standard InChI is InChI=1S/C17H35N/c1-6-16(4,5)15-9-12-17(18,13-10-15)11-7-8-14(2)3/h14-15H,6-13,18H2,1-5H3. The molecule has 0 unspecified atom stereocenters. The van der Waals surface area contributed by atoms with Crippen LogP contribution in [0.2, 0.25) is 0 Å². The summed E-state index contributed by atoms with van der Waals surface area (Å²) in [6, 6.07) is 0. The first kappa shape index (κ1) is 16.0. The monoisotopic (exact) mass is 253 g/mol. The van der Waals surface area contributed by atoms with Gasteiger partial charge in [-0.3, -0.25) is 0 Å². The van der Waals surface area contributed by atoms with Gasteiger partial charge in [-0.05, 0) is 49.4 Å². The van der Waals surface area contributed by atoms with E-state index in [4.69, 9.17) is 5.73 Å². The molecule has 108 valence electrons. The van der Waals surface area contributed by atoms with Gasteiger partial charge in [0, 0.05) is 5.54 Å². The lowest BCUT2D eigenvalue weighted by Crippen LogP contribution is -2.45. The van der Waals surface area contributed by atoms with Crippen molar-refractivity contribution in [2.75, 3.05) is 0 Å². The van der Waals surface area contributed by atoms with Crippen molar-refractivity contribution in [3.63, 3.8) is 0 Å². The van der Waals surface area contributed by atoms with Crippen molar-refractivity contribution in [3.8, 4) is 0 Å². The van der Waals surface area contributed by atoms with Crippen LogP contribution < -0.4 is 5.73 Å². The summed E-state index contributed by atoms with van der Waals surface area (Å²) < 4.78 is 0. The van der Waals surface area contributed by atoms with Gasteiger partial charge in [0.1, 0.15) is 0 Å². The highest BCUT2D eigenvalue weighted by Crippen LogP contribution is 2.43. The molecule has 18 heavy (non-hydrogen) atoms. The Morgan fingerprint density at radius 2 is 1.78 bits per heavy atom. The van der Waals surface area contributed by atoms with Crippen LogP contribution in [0.5, 0.6) is 0 Å². The minimum absolute atomic E-state index is 0.162. The Bertz CT molecular complexity index is 234. The summed E-state index contributed by atoms with van der Waals surface area (Å²) in [5.74, 6) is 1.72. The largest absolute Gasteiger partial charge is 0.325 e. The second kappa shape index (κ2) is 6.41. The van der Waals surface area contributed by atoms with E-state index < -0.39 is 0 Å². The van der Waals surface area contributed by atoms with Crippen molar-refractivity contribution in [2.24, 2.45) is 23.0 Å². The molecular formula is C17H35N. The second-order valence-electron chi connectivity index (χ2n) is 7.76. The van der Waals surface area contributed by atoms with Crippen LogP contribution in [0.15, 0.2) is 0 Å². The van der Waals surface area contributed by atoms with E-state index >= 15 is 0 Å². The van der Waals surface area contributed by atoms with E-state index in [1.807, 2.05) is 0 Å². The molecule has 0 heterocycles. The zero-order valence-corrected chi connectivity index (χ0v) is 13.4. The first-order valence-corrected chi connectivity index (χ1v) is 8.08. The minimum atomic E-state index is 0.162. The average Bonchev–Trinajstić information content (AvgIpc) is 2.29. The van der Waals surface area contributed by atoms with Gasteiger partial charge in [-0.25, -0.2) is 0 Å². The van der Waals surface area contributed by atoms with Gasteiger partial charge in [-0.15, -0.1) is 0 Å². The van der Waals surface area contributed by atoms with Crippen molar-refractivity contribution in [1.82, 2.24) is 0 Å². The molecule has 2 N–H and O–H groups in total. The van der Waals surface area contributed by atoms with Crippen molar-refractivity contribution in [1.29, 1.82) is 0 Å². The Kier molecular flexibility index (Phi) is 5.70. The fourth-order valence-corrected chi connectivity index (χ4v) is 3.38. The van der Waals surface area contributed by atoms with E-state index in [1.165, 1.54) is 51.4 Å². The summed E-state index contributed by atoms with van der Waals surface area (Å²) in [5.41, 5.74) is 7.27. The van der Waals surface area contributed by atoms with E-state index in [0.717, 1.165) is 11.8 Å². The van der Waals surface area contributed by atoms with E-state index in [1.54, 1.807) is 0 Å². The summed E-state index contributed by atoms with van der Waals surface area (Å²) >= 11 is 0. The Hall–Kier alpha value is -0.0400. The molecule has 1 aliphatic rings. The van der Waals surface area contributed by atoms with Crippen LogP contribution in [0.3, 0.4) is 0 Å². The van der Waals surface area contributed by atoms with Crippen molar-refractivity contribution >= 4 is 0 Å². The Balaban J connectivity index is 2.37. The van der Waals surface area contributed by atoms with E-state index in [9.17, 15) is 0 Å².